The first-order chi connectivity index (χ1) is 10.7. The van der Waals surface area contributed by atoms with Gasteiger partial charge in [0.05, 0.1) is 19.8 Å². The van der Waals surface area contributed by atoms with E-state index in [1.807, 2.05) is 30.3 Å². The first kappa shape index (κ1) is 15.9. The van der Waals surface area contributed by atoms with Crippen LogP contribution in [0.25, 0.3) is 6.08 Å². The van der Waals surface area contributed by atoms with Crippen molar-refractivity contribution in [3.63, 3.8) is 0 Å². The molecule has 1 heterocycles. The number of hydrogen-bond acceptors (Lipinski definition) is 4. The molecule has 6 nitrogen and oxygen atoms in total. The van der Waals surface area contributed by atoms with Gasteiger partial charge >= 0.3 is 6.03 Å². The van der Waals surface area contributed by atoms with Gasteiger partial charge in [-0.15, -0.1) is 0 Å². The van der Waals surface area contributed by atoms with E-state index in [2.05, 4.69) is 0 Å². The maximum atomic E-state index is 12.3. The molecule has 0 spiro atoms. The Balaban J connectivity index is 2.05. The number of rotatable bonds is 4. The third-order valence-electron chi connectivity index (χ3n) is 3.22. The number of urea groups is 1. The van der Waals surface area contributed by atoms with Crippen molar-refractivity contribution in [3.05, 3.63) is 42.0 Å². The molecule has 2 rings (SSSR count). The van der Waals surface area contributed by atoms with E-state index in [1.165, 1.54) is 11.0 Å². The lowest BCUT2D eigenvalue weighted by Crippen LogP contribution is -2.50. The normalized spacial score (nSPS) is 14.8. The number of ether oxygens (including phenoxy) is 1. The second kappa shape index (κ2) is 8.09. The lowest BCUT2D eigenvalue weighted by atomic mass is 10.2. The number of imide groups is 1. The van der Waals surface area contributed by atoms with E-state index in [-0.39, 0.29) is 6.54 Å². The van der Waals surface area contributed by atoms with Crippen LogP contribution < -0.4 is 0 Å². The van der Waals surface area contributed by atoms with Gasteiger partial charge in [0, 0.05) is 19.2 Å². The van der Waals surface area contributed by atoms with E-state index >= 15 is 0 Å². The van der Waals surface area contributed by atoms with Crippen molar-refractivity contribution >= 4 is 24.3 Å². The van der Waals surface area contributed by atoms with Gasteiger partial charge in [0.25, 0.3) is 5.91 Å². The van der Waals surface area contributed by atoms with Gasteiger partial charge in [0.2, 0.25) is 6.29 Å². The van der Waals surface area contributed by atoms with Crippen LogP contribution in [0.4, 0.5) is 4.79 Å². The standard InChI is InChI=1S/C16H17N2O4/c19-11-8-18(16(21)17-9-12-22-13-10-17)15(20)7-6-14-4-2-1-3-5-14/h1-7H,8-10,12-13H2. The fraction of sp³-hybridized carbons (Fsp3) is 0.312. The molecule has 0 saturated carbocycles. The van der Waals surface area contributed by atoms with Crippen LogP contribution in [-0.2, 0) is 14.3 Å². The molecule has 1 saturated heterocycles. The van der Waals surface area contributed by atoms with E-state index in [4.69, 9.17) is 4.74 Å². The van der Waals surface area contributed by atoms with Crippen LogP contribution in [0.2, 0.25) is 0 Å². The summed E-state index contributed by atoms with van der Waals surface area (Å²) in [5.74, 6) is -0.538. The first-order valence-electron chi connectivity index (χ1n) is 6.98. The smallest absolute Gasteiger partial charge is 0.327 e. The Bertz CT molecular complexity index is 551. The summed E-state index contributed by atoms with van der Waals surface area (Å²) >= 11 is 0. The Hall–Kier alpha value is -2.47. The number of carbonyl (C=O) groups excluding carboxylic acids is 3. The van der Waals surface area contributed by atoms with Crippen LogP contribution in [0.5, 0.6) is 0 Å². The molecule has 0 aliphatic carbocycles. The average Bonchev–Trinajstić information content (AvgIpc) is 2.58. The molecule has 0 unspecified atom stereocenters. The molecule has 6 heteroatoms. The molecule has 0 atom stereocenters. The summed E-state index contributed by atoms with van der Waals surface area (Å²) in [5.41, 5.74) is 0.838. The van der Waals surface area contributed by atoms with Gasteiger partial charge in [-0.2, -0.15) is 0 Å². The van der Waals surface area contributed by atoms with Crippen molar-refractivity contribution in [1.82, 2.24) is 9.80 Å². The van der Waals surface area contributed by atoms with Crippen LogP contribution in [-0.4, -0.2) is 60.9 Å². The minimum absolute atomic E-state index is 0.381. The van der Waals surface area contributed by atoms with E-state index in [1.54, 1.807) is 12.4 Å². The first-order valence-corrected chi connectivity index (χ1v) is 6.98. The van der Waals surface area contributed by atoms with Crippen LogP contribution in [0.15, 0.2) is 36.4 Å². The molecule has 0 N–H and O–H groups in total. The highest BCUT2D eigenvalue weighted by molar-refractivity contribution is 6.03. The Labute approximate surface area is 129 Å². The fourth-order valence-electron chi connectivity index (χ4n) is 2.05. The molecule has 0 aromatic heterocycles. The molecule has 1 aromatic rings. The van der Waals surface area contributed by atoms with Crippen molar-refractivity contribution < 1.29 is 19.1 Å². The molecular weight excluding hydrogens is 284 g/mol. The second-order valence-electron chi connectivity index (χ2n) is 4.69. The Morgan fingerprint density at radius 2 is 1.91 bits per heavy atom. The molecule has 1 aliphatic rings. The summed E-state index contributed by atoms with van der Waals surface area (Å²) in [5, 5.41) is 0. The van der Waals surface area contributed by atoms with Gasteiger partial charge < -0.3 is 9.64 Å². The lowest BCUT2D eigenvalue weighted by molar-refractivity contribution is -0.123. The van der Waals surface area contributed by atoms with Gasteiger partial charge in [-0.3, -0.25) is 14.5 Å². The number of hydrogen-bond donors (Lipinski definition) is 0. The van der Waals surface area contributed by atoms with Crippen molar-refractivity contribution in [2.24, 2.45) is 0 Å². The second-order valence-corrected chi connectivity index (χ2v) is 4.69. The van der Waals surface area contributed by atoms with Crippen LogP contribution in [0, 0.1) is 0 Å². The number of nitrogens with zero attached hydrogens (tertiary/aromatic N) is 2. The fourth-order valence-corrected chi connectivity index (χ4v) is 2.05. The van der Waals surface area contributed by atoms with Gasteiger partial charge in [-0.1, -0.05) is 30.3 Å². The van der Waals surface area contributed by atoms with Gasteiger partial charge in [-0.05, 0) is 11.6 Å². The van der Waals surface area contributed by atoms with Crippen molar-refractivity contribution in [1.29, 1.82) is 0 Å². The zero-order chi connectivity index (χ0) is 15.8. The molecule has 1 radical (unpaired) electrons. The van der Waals surface area contributed by atoms with Crippen LogP contribution in [0.1, 0.15) is 5.56 Å². The summed E-state index contributed by atoms with van der Waals surface area (Å²) in [6.45, 7) is 1.29. The highest BCUT2D eigenvalue weighted by atomic mass is 16.5. The summed E-state index contributed by atoms with van der Waals surface area (Å²) in [6.07, 6.45) is 4.50. The molecule has 1 aromatic carbocycles. The topological polar surface area (TPSA) is 66.9 Å². The molecule has 0 bridgehead atoms. The number of benzene rings is 1. The van der Waals surface area contributed by atoms with E-state index in [9.17, 15) is 14.4 Å². The molecular formula is C16H17N2O4. The number of carbonyl (C=O) groups is 2. The summed E-state index contributed by atoms with van der Waals surface area (Å²) < 4.78 is 5.17. The van der Waals surface area contributed by atoms with Crippen molar-refractivity contribution in [2.45, 2.75) is 0 Å². The number of morpholine rings is 1. The van der Waals surface area contributed by atoms with E-state index in [0.717, 1.165) is 10.5 Å². The van der Waals surface area contributed by atoms with Crippen LogP contribution >= 0.6 is 0 Å². The van der Waals surface area contributed by atoms with Crippen LogP contribution in [0.3, 0.4) is 0 Å². The molecule has 3 amide bonds. The SMILES string of the molecule is O=[C]CN(C(=O)C=Cc1ccccc1)C(=O)N1CCOCC1. The molecule has 22 heavy (non-hydrogen) atoms. The third-order valence-corrected chi connectivity index (χ3v) is 3.22. The Morgan fingerprint density at radius 1 is 1.23 bits per heavy atom. The minimum Gasteiger partial charge on any atom is -0.378 e. The minimum atomic E-state index is -0.538. The van der Waals surface area contributed by atoms with Gasteiger partial charge in [0.1, 0.15) is 0 Å². The van der Waals surface area contributed by atoms with Gasteiger partial charge in [0.15, 0.2) is 0 Å². The zero-order valence-corrected chi connectivity index (χ0v) is 12.1. The summed E-state index contributed by atoms with van der Waals surface area (Å²) in [4.78, 5) is 37.5. The molecule has 1 fully saturated rings. The Morgan fingerprint density at radius 3 is 2.55 bits per heavy atom. The number of amides is 3. The monoisotopic (exact) mass is 301 g/mol. The van der Waals surface area contributed by atoms with Crippen molar-refractivity contribution in [2.75, 3.05) is 32.8 Å². The van der Waals surface area contributed by atoms with Gasteiger partial charge in [-0.25, -0.2) is 4.79 Å². The maximum absolute atomic E-state index is 12.3. The molecule has 1 aliphatic heterocycles. The predicted molar refractivity (Wildman–Crippen MR) is 80.7 cm³/mol. The van der Waals surface area contributed by atoms with E-state index in [0.29, 0.717) is 26.3 Å². The highest BCUT2D eigenvalue weighted by Crippen LogP contribution is 2.06. The van der Waals surface area contributed by atoms with E-state index < -0.39 is 11.9 Å². The predicted octanol–water partition coefficient (Wildman–Crippen LogP) is 1.09. The average molecular weight is 301 g/mol. The Kier molecular flexibility index (Phi) is 5.85. The lowest BCUT2D eigenvalue weighted by Gasteiger charge is -2.30. The molecule has 115 valence electrons. The zero-order valence-electron chi connectivity index (χ0n) is 12.1. The highest BCUT2D eigenvalue weighted by Gasteiger charge is 2.26. The largest absolute Gasteiger partial charge is 0.378 e. The van der Waals surface area contributed by atoms with Crippen molar-refractivity contribution in [3.8, 4) is 0 Å². The summed E-state index contributed by atoms with van der Waals surface area (Å²) in [6, 6.07) is 8.75. The summed E-state index contributed by atoms with van der Waals surface area (Å²) in [7, 11) is 0. The maximum Gasteiger partial charge on any atom is 0.327 e. The quantitative estimate of drug-likeness (QED) is 0.781. The third kappa shape index (κ3) is 4.26.